The molecule has 12 heteroatoms. The van der Waals surface area contributed by atoms with Crippen molar-refractivity contribution < 1.29 is 53.0 Å². The lowest BCUT2D eigenvalue weighted by molar-refractivity contribution is -0.423. The average Bonchev–Trinajstić information content (AvgIpc) is 2.71. The molecule has 1 atom stereocenters. The van der Waals surface area contributed by atoms with Crippen LogP contribution in [-0.2, 0) is 4.74 Å². The first-order valence-corrected chi connectivity index (χ1v) is 8.76. The predicted molar refractivity (Wildman–Crippen MR) is 92.1 cm³/mol. The number of hydrogen-bond acceptors (Lipinski definition) is 1. The first-order valence-electron chi connectivity index (χ1n) is 8.76. The molecule has 0 aliphatic rings. The maximum absolute atomic E-state index is 14.3. The summed E-state index contributed by atoms with van der Waals surface area (Å²) in [4.78, 5) is 0. The number of ether oxygens (including phenoxy) is 1. The van der Waals surface area contributed by atoms with Crippen molar-refractivity contribution in [3.63, 3.8) is 0 Å². The van der Waals surface area contributed by atoms with Crippen molar-refractivity contribution >= 4 is 0 Å². The molecule has 2 aromatic rings. The molecule has 0 N–H and O–H groups in total. The maximum Gasteiger partial charge on any atom is 0.460 e. The van der Waals surface area contributed by atoms with Gasteiger partial charge in [-0.2, -0.15) is 48.3 Å². The van der Waals surface area contributed by atoms with E-state index in [4.69, 9.17) is 4.74 Å². The number of hydrogen-bond donors (Lipinski definition) is 0. The third-order valence-corrected chi connectivity index (χ3v) is 4.72. The van der Waals surface area contributed by atoms with E-state index in [1.807, 2.05) is 0 Å². The number of halogens is 11. The SMILES string of the molecule is COC(CC(F)(F)C(F)(F)C(F)(F)C(F)(F)C(F)(F)F)c1ccccc1-c1ccccc1. The summed E-state index contributed by atoms with van der Waals surface area (Å²) in [5.41, 5.74) is 0.378. The zero-order chi connectivity index (χ0) is 24.6. The first-order chi connectivity index (χ1) is 14.5. The van der Waals surface area contributed by atoms with Gasteiger partial charge in [-0.25, -0.2) is 0 Å². The highest BCUT2D eigenvalue weighted by atomic mass is 19.4. The molecule has 32 heavy (non-hydrogen) atoms. The average molecular weight is 480 g/mol. The van der Waals surface area contributed by atoms with E-state index in [-0.39, 0.29) is 11.1 Å². The van der Waals surface area contributed by atoms with Crippen LogP contribution in [0.2, 0.25) is 0 Å². The van der Waals surface area contributed by atoms with Gasteiger partial charge in [0.15, 0.2) is 0 Å². The molecule has 0 heterocycles. The molecular formula is C20H15F11O. The lowest BCUT2D eigenvalue weighted by Gasteiger charge is -2.38. The van der Waals surface area contributed by atoms with Gasteiger partial charge in [-0.15, -0.1) is 0 Å². The number of rotatable bonds is 8. The molecule has 0 amide bonds. The highest BCUT2D eigenvalue weighted by molar-refractivity contribution is 5.67. The number of benzene rings is 2. The van der Waals surface area contributed by atoms with E-state index in [0.717, 1.165) is 13.2 Å². The van der Waals surface area contributed by atoms with Crippen LogP contribution in [0.4, 0.5) is 48.3 Å². The summed E-state index contributed by atoms with van der Waals surface area (Å²) >= 11 is 0. The molecule has 2 aromatic carbocycles. The molecular weight excluding hydrogens is 465 g/mol. The fraction of sp³-hybridized carbons (Fsp3) is 0.400. The standard InChI is InChI=1S/C20H15F11O/c1-32-15(14-10-6-5-9-13(14)12-7-3-2-4-8-12)11-16(21,22)17(23,24)18(25,26)19(27,28)20(29,30)31/h2-10,15H,11H2,1H3. The third kappa shape index (κ3) is 4.28. The summed E-state index contributed by atoms with van der Waals surface area (Å²) in [7, 11) is 0.767. The molecule has 178 valence electrons. The molecule has 0 aliphatic carbocycles. The van der Waals surface area contributed by atoms with Gasteiger partial charge in [0.05, 0.1) is 6.10 Å². The van der Waals surface area contributed by atoms with Gasteiger partial charge < -0.3 is 4.74 Å². The van der Waals surface area contributed by atoms with Gasteiger partial charge >= 0.3 is 29.9 Å². The zero-order valence-corrected chi connectivity index (χ0v) is 16.0. The maximum atomic E-state index is 14.3. The van der Waals surface area contributed by atoms with Gasteiger partial charge in [0.25, 0.3) is 0 Å². The Morgan fingerprint density at radius 1 is 0.656 bits per heavy atom. The summed E-state index contributed by atoms with van der Waals surface area (Å²) in [6, 6.07) is 13.0. The third-order valence-electron chi connectivity index (χ3n) is 4.72. The molecule has 2 rings (SSSR count). The fourth-order valence-electron chi connectivity index (χ4n) is 2.94. The summed E-state index contributed by atoms with van der Waals surface area (Å²) in [6.45, 7) is 0. The molecule has 0 spiro atoms. The van der Waals surface area contributed by atoms with E-state index in [9.17, 15) is 48.3 Å². The molecule has 1 unspecified atom stereocenters. The summed E-state index contributed by atoms with van der Waals surface area (Å²) in [5.74, 6) is -28.0. The van der Waals surface area contributed by atoms with Gasteiger partial charge in [0.1, 0.15) is 0 Å². The van der Waals surface area contributed by atoms with Crippen LogP contribution in [0.5, 0.6) is 0 Å². The molecule has 0 fully saturated rings. The predicted octanol–water partition coefficient (Wildman–Crippen LogP) is 7.53. The van der Waals surface area contributed by atoms with Crippen LogP contribution >= 0.6 is 0 Å². The van der Waals surface area contributed by atoms with Crippen molar-refractivity contribution in [2.24, 2.45) is 0 Å². The zero-order valence-electron chi connectivity index (χ0n) is 16.0. The number of alkyl halides is 11. The highest BCUT2D eigenvalue weighted by Gasteiger charge is 2.87. The van der Waals surface area contributed by atoms with Crippen LogP contribution in [0.15, 0.2) is 54.6 Å². The highest BCUT2D eigenvalue weighted by Crippen LogP contribution is 2.58. The lowest BCUT2D eigenvalue weighted by atomic mass is 9.89. The summed E-state index contributed by atoms with van der Waals surface area (Å²) in [5, 5.41) is 0. The Balaban J connectivity index is 2.48. The molecule has 0 aliphatic heterocycles. The fourth-order valence-corrected chi connectivity index (χ4v) is 2.94. The molecule has 0 bridgehead atoms. The Labute approximate surface area is 174 Å². The lowest BCUT2D eigenvalue weighted by Crippen LogP contribution is -2.66. The van der Waals surface area contributed by atoms with E-state index in [0.29, 0.717) is 5.56 Å². The van der Waals surface area contributed by atoms with Gasteiger partial charge in [0, 0.05) is 13.5 Å². The van der Waals surface area contributed by atoms with Gasteiger partial charge in [0.2, 0.25) is 0 Å². The van der Waals surface area contributed by atoms with Crippen molar-refractivity contribution in [2.45, 2.75) is 42.4 Å². The molecule has 1 nitrogen and oxygen atoms in total. The first kappa shape index (κ1) is 25.9. The normalized spacial score (nSPS) is 15.0. The van der Waals surface area contributed by atoms with Crippen LogP contribution in [0.25, 0.3) is 11.1 Å². The Bertz CT molecular complexity index is 907. The minimum absolute atomic E-state index is 0.173. The minimum atomic E-state index is -7.45. The number of methoxy groups -OCH3 is 1. The van der Waals surface area contributed by atoms with Crippen molar-refractivity contribution in [3.05, 3.63) is 60.2 Å². The summed E-state index contributed by atoms with van der Waals surface area (Å²) in [6.07, 6.45) is -11.6. The Morgan fingerprint density at radius 3 is 1.66 bits per heavy atom. The van der Waals surface area contributed by atoms with Crippen LogP contribution in [-0.4, -0.2) is 37.0 Å². The van der Waals surface area contributed by atoms with Crippen molar-refractivity contribution in [1.82, 2.24) is 0 Å². The molecule has 0 saturated carbocycles. The quantitative estimate of drug-likeness (QED) is 0.355. The molecule has 0 aromatic heterocycles. The van der Waals surface area contributed by atoms with Crippen LogP contribution in [0, 0.1) is 0 Å². The Hall–Kier alpha value is -2.37. The van der Waals surface area contributed by atoms with E-state index in [1.165, 1.54) is 30.3 Å². The van der Waals surface area contributed by atoms with Gasteiger partial charge in [-0.1, -0.05) is 54.6 Å². The van der Waals surface area contributed by atoms with Crippen LogP contribution in [0.3, 0.4) is 0 Å². The largest absolute Gasteiger partial charge is 0.460 e. The van der Waals surface area contributed by atoms with E-state index in [1.54, 1.807) is 18.2 Å². The van der Waals surface area contributed by atoms with Crippen molar-refractivity contribution in [2.75, 3.05) is 7.11 Å². The van der Waals surface area contributed by atoms with E-state index >= 15 is 0 Å². The molecule has 0 radical (unpaired) electrons. The van der Waals surface area contributed by atoms with Crippen LogP contribution < -0.4 is 0 Å². The monoisotopic (exact) mass is 480 g/mol. The van der Waals surface area contributed by atoms with Crippen LogP contribution in [0.1, 0.15) is 18.1 Å². The second kappa shape index (κ2) is 8.53. The van der Waals surface area contributed by atoms with E-state index in [2.05, 4.69) is 0 Å². The Kier molecular flexibility index (Phi) is 6.90. The second-order valence-corrected chi connectivity index (χ2v) is 6.81. The van der Waals surface area contributed by atoms with Gasteiger partial charge in [-0.3, -0.25) is 0 Å². The van der Waals surface area contributed by atoms with Crippen molar-refractivity contribution in [3.8, 4) is 11.1 Å². The van der Waals surface area contributed by atoms with E-state index < -0.39 is 42.4 Å². The summed E-state index contributed by atoms with van der Waals surface area (Å²) < 4.78 is 151. The minimum Gasteiger partial charge on any atom is -0.377 e. The van der Waals surface area contributed by atoms with Gasteiger partial charge in [-0.05, 0) is 16.7 Å². The molecule has 0 saturated heterocycles. The topological polar surface area (TPSA) is 9.23 Å². The van der Waals surface area contributed by atoms with Crippen molar-refractivity contribution in [1.29, 1.82) is 0 Å². The Morgan fingerprint density at radius 2 is 1.16 bits per heavy atom. The second-order valence-electron chi connectivity index (χ2n) is 6.81. The smallest absolute Gasteiger partial charge is 0.377 e.